The van der Waals surface area contributed by atoms with E-state index in [4.69, 9.17) is 4.74 Å². The van der Waals surface area contributed by atoms with Crippen LogP contribution in [-0.4, -0.2) is 37.6 Å². The average molecular weight is 247 g/mol. The molecule has 0 aromatic heterocycles. The maximum Gasteiger partial charge on any atom is 0.314 e. The van der Waals surface area contributed by atoms with Gasteiger partial charge in [-0.1, -0.05) is 29.8 Å². The zero-order valence-corrected chi connectivity index (χ0v) is 11.2. The Bertz CT molecular complexity index is 411. The van der Waals surface area contributed by atoms with Gasteiger partial charge >= 0.3 is 5.97 Å². The summed E-state index contributed by atoms with van der Waals surface area (Å²) in [6, 6.07) is 8.15. The zero-order chi connectivity index (χ0) is 13.0. The van der Waals surface area contributed by atoms with E-state index in [1.165, 1.54) is 25.5 Å². The summed E-state index contributed by atoms with van der Waals surface area (Å²) >= 11 is 0. The van der Waals surface area contributed by atoms with Gasteiger partial charge in [0, 0.05) is 6.54 Å². The van der Waals surface area contributed by atoms with Gasteiger partial charge in [-0.25, -0.2) is 0 Å². The van der Waals surface area contributed by atoms with Crippen LogP contribution in [0.25, 0.3) is 0 Å². The van der Waals surface area contributed by atoms with Crippen molar-refractivity contribution in [3.63, 3.8) is 0 Å². The molecule has 1 saturated heterocycles. The van der Waals surface area contributed by atoms with Crippen LogP contribution in [0, 0.1) is 6.92 Å². The predicted molar refractivity (Wildman–Crippen MR) is 71.6 cm³/mol. The number of likely N-dealkylation sites (tertiary alicyclic amines) is 1. The Labute approximate surface area is 109 Å². The fraction of sp³-hybridized carbons (Fsp3) is 0.533. The van der Waals surface area contributed by atoms with Crippen molar-refractivity contribution >= 4 is 5.97 Å². The molecule has 0 aliphatic carbocycles. The molecule has 1 unspecified atom stereocenters. The number of hydrogen-bond acceptors (Lipinski definition) is 3. The monoisotopic (exact) mass is 247 g/mol. The normalized spacial score (nSPS) is 17.7. The summed E-state index contributed by atoms with van der Waals surface area (Å²) in [6.07, 6.45) is 2.48. The van der Waals surface area contributed by atoms with Crippen LogP contribution < -0.4 is 0 Å². The topological polar surface area (TPSA) is 29.5 Å². The van der Waals surface area contributed by atoms with E-state index in [2.05, 4.69) is 11.0 Å². The Morgan fingerprint density at radius 1 is 1.39 bits per heavy atom. The van der Waals surface area contributed by atoms with Crippen molar-refractivity contribution in [2.24, 2.45) is 0 Å². The summed E-state index contributed by atoms with van der Waals surface area (Å²) in [5.41, 5.74) is 2.25. The zero-order valence-electron chi connectivity index (χ0n) is 11.2. The summed E-state index contributed by atoms with van der Waals surface area (Å²) < 4.78 is 4.95. The third-order valence-corrected chi connectivity index (χ3v) is 3.57. The number of aryl methyl sites for hydroxylation is 1. The van der Waals surface area contributed by atoms with Crippen LogP contribution in [0.15, 0.2) is 24.3 Å². The quantitative estimate of drug-likeness (QED) is 0.765. The van der Waals surface area contributed by atoms with Gasteiger partial charge < -0.3 is 9.64 Å². The van der Waals surface area contributed by atoms with Crippen LogP contribution >= 0.6 is 0 Å². The van der Waals surface area contributed by atoms with Gasteiger partial charge in [-0.3, -0.25) is 4.79 Å². The van der Waals surface area contributed by atoms with E-state index < -0.39 is 0 Å². The summed E-state index contributed by atoms with van der Waals surface area (Å²) in [6.45, 7) is 5.02. The molecule has 3 nitrogen and oxygen atoms in total. The smallest absolute Gasteiger partial charge is 0.314 e. The predicted octanol–water partition coefficient (Wildman–Crippen LogP) is 2.35. The third-order valence-electron chi connectivity index (χ3n) is 3.57. The minimum absolute atomic E-state index is 0.132. The number of hydrogen-bond donors (Lipinski definition) is 0. The molecule has 0 N–H and O–H groups in total. The lowest BCUT2D eigenvalue weighted by atomic mass is 9.97. The van der Waals surface area contributed by atoms with Crippen molar-refractivity contribution in [1.82, 2.24) is 4.90 Å². The average Bonchev–Trinajstić information content (AvgIpc) is 2.88. The lowest BCUT2D eigenvalue weighted by Crippen LogP contribution is -2.30. The van der Waals surface area contributed by atoms with Gasteiger partial charge in [0.15, 0.2) is 0 Å². The highest BCUT2D eigenvalue weighted by Gasteiger charge is 2.25. The number of ether oxygens (including phenoxy) is 1. The summed E-state index contributed by atoms with van der Waals surface area (Å²) in [5, 5.41) is 0. The second kappa shape index (κ2) is 6.01. The van der Waals surface area contributed by atoms with Crippen molar-refractivity contribution in [3.05, 3.63) is 35.4 Å². The van der Waals surface area contributed by atoms with Gasteiger partial charge in [0.05, 0.1) is 13.0 Å². The molecule has 1 aliphatic heterocycles. The van der Waals surface area contributed by atoms with Gasteiger partial charge in [0.2, 0.25) is 0 Å². The van der Waals surface area contributed by atoms with Gasteiger partial charge in [0.1, 0.15) is 0 Å². The highest BCUT2D eigenvalue weighted by atomic mass is 16.5. The first-order valence-electron chi connectivity index (χ1n) is 6.57. The number of carbonyl (C=O) groups is 1. The van der Waals surface area contributed by atoms with Gasteiger partial charge in [0.25, 0.3) is 0 Å². The van der Waals surface area contributed by atoms with E-state index in [9.17, 15) is 4.79 Å². The van der Waals surface area contributed by atoms with E-state index in [0.29, 0.717) is 0 Å². The summed E-state index contributed by atoms with van der Waals surface area (Å²) in [7, 11) is 1.47. The molecule has 1 fully saturated rings. The first-order chi connectivity index (χ1) is 8.70. The van der Waals surface area contributed by atoms with E-state index in [0.717, 1.165) is 25.2 Å². The second-order valence-electron chi connectivity index (χ2n) is 5.00. The van der Waals surface area contributed by atoms with Crippen molar-refractivity contribution in [2.45, 2.75) is 25.7 Å². The molecular formula is C15H21NO2. The van der Waals surface area contributed by atoms with E-state index >= 15 is 0 Å². The Morgan fingerprint density at radius 2 is 2.11 bits per heavy atom. The number of benzene rings is 1. The second-order valence-corrected chi connectivity index (χ2v) is 5.00. The minimum Gasteiger partial charge on any atom is -0.469 e. The van der Waals surface area contributed by atoms with Crippen molar-refractivity contribution in [3.8, 4) is 0 Å². The number of esters is 1. The van der Waals surface area contributed by atoms with Crippen LogP contribution in [0.4, 0.5) is 0 Å². The Balaban J connectivity index is 2.16. The fourth-order valence-electron chi connectivity index (χ4n) is 2.57. The molecule has 2 rings (SSSR count). The largest absolute Gasteiger partial charge is 0.469 e. The van der Waals surface area contributed by atoms with Gasteiger partial charge in [-0.15, -0.1) is 0 Å². The SMILES string of the molecule is COC(=O)C(CN1CCCC1)c1cccc(C)c1. The molecule has 98 valence electrons. The molecule has 18 heavy (non-hydrogen) atoms. The molecule has 1 atom stereocenters. The number of methoxy groups -OCH3 is 1. The summed E-state index contributed by atoms with van der Waals surface area (Å²) in [4.78, 5) is 14.3. The molecule has 0 radical (unpaired) electrons. The fourth-order valence-corrected chi connectivity index (χ4v) is 2.57. The summed E-state index contributed by atoms with van der Waals surface area (Å²) in [5.74, 6) is -0.291. The Kier molecular flexibility index (Phi) is 4.37. The molecule has 1 heterocycles. The maximum atomic E-state index is 12.0. The molecule has 1 aromatic carbocycles. The molecule has 0 bridgehead atoms. The first kappa shape index (κ1) is 13.1. The van der Waals surface area contributed by atoms with Crippen molar-refractivity contribution in [2.75, 3.05) is 26.7 Å². The van der Waals surface area contributed by atoms with Crippen LogP contribution in [0.2, 0.25) is 0 Å². The van der Waals surface area contributed by atoms with Crippen molar-refractivity contribution < 1.29 is 9.53 Å². The minimum atomic E-state index is -0.159. The van der Waals surface area contributed by atoms with Crippen LogP contribution in [0.1, 0.15) is 29.9 Å². The standard InChI is InChI=1S/C15H21NO2/c1-12-6-5-7-13(10-12)14(15(17)18-2)11-16-8-3-4-9-16/h5-7,10,14H,3-4,8-9,11H2,1-2H3. The lowest BCUT2D eigenvalue weighted by molar-refractivity contribution is -0.142. The maximum absolute atomic E-state index is 12.0. The van der Waals surface area contributed by atoms with E-state index in [1.807, 2.05) is 25.1 Å². The first-order valence-corrected chi connectivity index (χ1v) is 6.57. The lowest BCUT2D eigenvalue weighted by Gasteiger charge is -2.22. The van der Waals surface area contributed by atoms with E-state index in [1.54, 1.807) is 0 Å². The molecule has 1 aliphatic rings. The number of rotatable bonds is 4. The van der Waals surface area contributed by atoms with Crippen LogP contribution in [-0.2, 0) is 9.53 Å². The van der Waals surface area contributed by atoms with Crippen LogP contribution in [0.5, 0.6) is 0 Å². The number of nitrogens with zero attached hydrogens (tertiary/aromatic N) is 1. The molecule has 3 heteroatoms. The highest BCUT2D eigenvalue weighted by molar-refractivity contribution is 5.78. The third kappa shape index (κ3) is 3.10. The van der Waals surface area contributed by atoms with E-state index in [-0.39, 0.29) is 11.9 Å². The highest BCUT2D eigenvalue weighted by Crippen LogP contribution is 2.22. The Hall–Kier alpha value is -1.35. The van der Waals surface area contributed by atoms with Crippen molar-refractivity contribution in [1.29, 1.82) is 0 Å². The molecule has 1 aromatic rings. The van der Waals surface area contributed by atoms with Crippen LogP contribution in [0.3, 0.4) is 0 Å². The Morgan fingerprint density at radius 3 is 2.72 bits per heavy atom. The molecule has 0 amide bonds. The molecular weight excluding hydrogens is 226 g/mol. The number of carbonyl (C=O) groups excluding carboxylic acids is 1. The molecule has 0 spiro atoms. The van der Waals surface area contributed by atoms with Gasteiger partial charge in [-0.05, 0) is 38.4 Å². The molecule has 0 saturated carbocycles. The van der Waals surface area contributed by atoms with Gasteiger partial charge in [-0.2, -0.15) is 0 Å².